The number of hydrogen-bond acceptors (Lipinski definition) is 0. The highest BCUT2D eigenvalue weighted by Gasteiger charge is 2.44. The SMILES string of the molecule is C/C(=C\C[P+](c1ccccc1)(c1ccccc1)c1ccccc1)CBr. The lowest BCUT2D eigenvalue weighted by Gasteiger charge is -2.26. The molecule has 0 saturated heterocycles. The molecule has 3 aromatic rings. The monoisotopic (exact) mass is 409 g/mol. The molecule has 0 amide bonds. The minimum absolute atomic E-state index is 0.922. The molecular weight excluding hydrogens is 387 g/mol. The molecule has 126 valence electrons. The van der Waals surface area contributed by atoms with Crippen LogP contribution in [0.4, 0.5) is 0 Å². The van der Waals surface area contributed by atoms with Crippen molar-refractivity contribution in [3.63, 3.8) is 0 Å². The molecule has 0 saturated carbocycles. The van der Waals surface area contributed by atoms with Gasteiger partial charge in [-0.1, -0.05) is 76.1 Å². The molecule has 0 radical (unpaired) electrons. The molecule has 0 N–H and O–H groups in total. The van der Waals surface area contributed by atoms with E-state index in [0.29, 0.717) is 0 Å². The lowest BCUT2D eigenvalue weighted by molar-refractivity contribution is 1.39. The molecule has 0 aliphatic carbocycles. The standard InChI is InChI=1S/C23H23BrP/c1-20(19-24)17-18-25(21-11-5-2-6-12-21,22-13-7-3-8-14-22)23-15-9-4-10-16-23/h2-17H,18-19H2,1H3/q+1/b20-17+. The van der Waals surface area contributed by atoms with E-state index in [1.165, 1.54) is 21.5 Å². The molecule has 0 nitrogen and oxygen atoms in total. The van der Waals surface area contributed by atoms with Crippen LogP contribution in [0.15, 0.2) is 103 Å². The molecule has 0 spiro atoms. The Morgan fingerprint density at radius 2 is 1.08 bits per heavy atom. The molecule has 2 heteroatoms. The summed E-state index contributed by atoms with van der Waals surface area (Å²) in [7, 11) is -1.72. The van der Waals surface area contributed by atoms with E-state index in [-0.39, 0.29) is 0 Å². The summed E-state index contributed by atoms with van der Waals surface area (Å²) in [4.78, 5) is 0. The smallest absolute Gasteiger partial charge is 0.0880 e. The van der Waals surface area contributed by atoms with Gasteiger partial charge in [0.15, 0.2) is 0 Å². The van der Waals surface area contributed by atoms with Crippen LogP contribution in [0.5, 0.6) is 0 Å². The molecular formula is C23H23BrP+. The van der Waals surface area contributed by atoms with Crippen molar-refractivity contribution in [2.24, 2.45) is 0 Å². The van der Waals surface area contributed by atoms with Crippen molar-refractivity contribution in [3.05, 3.63) is 103 Å². The third-order valence-electron chi connectivity index (χ3n) is 4.52. The fourth-order valence-corrected chi connectivity index (χ4v) is 7.54. The van der Waals surface area contributed by atoms with Crippen LogP contribution in [0.25, 0.3) is 0 Å². The average Bonchev–Trinajstić information content (AvgIpc) is 2.71. The predicted octanol–water partition coefficient (Wildman–Crippen LogP) is 5.32. The molecule has 0 bridgehead atoms. The van der Waals surface area contributed by atoms with Gasteiger partial charge in [0.1, 0.15) is 23.2 Å². The van der Waals surface area contributed by atoms with Gasteiger partial charge in [0.2, 0.25) is 0 Å². The van der Waals surface area contributed by atoms with E-state index < -0.39 is 7.26 Å². The molecule has 3 aromatic carbocycles. The topological polar surface area (TPSA) is 0 Å². The zero-order valence-electron chi connectivity index (χ0n) is 14.5. The maximum atomic E-state index is 3.60. The van der Waals surface area contributed by atoms with Crippen molar-refractivity contribution in [1.82, 2.24) is 0 Å². The average molecular weight is 410 g/mol. The molecule has 0 aliphatic heterocycles. The summed E-state index contributed by atoms with van der Waals surface area (Å²) in [6, 6.07) is 33.1. The summed E-state index contributed by atoms with van der Waals surface area (Å²) in [6.07, 6.45) is 3.46. The third kappa shape index (κ3) is 3.94. The van der Waals surface area contributed by atoms with Gasteiger partial charge < -0.3 is 0 Å². The first kappa shape index (κ1) is 18.1. The number of alkyl halides is 1. The van der Waals surface area contributed by atoms with E-state index in [1.807, 2.05) is 0 Å². The minimum Gasteiger partial charge on any atom is -0.0880 e. The Balaban J connectivity index is 2.27. The summed E-state index contributed by atoms with van der Waals surface area (Å²) >= 11 is 3.60. The number of benzene rings is 3. The first-order valence-electron chi connectivity index (χ1n) is 8.54. The zero-order valence-corrected chi connectivity index (χ0v) is 17.0. The van der Waals surface area contributed by atoms with Crippen molar-refractivity contribution >= 4 is 39.1 Å². The third-order valence-corrected chi connectivity index (χ3v) is 9.67. The van der Waals surface area contributed by atoms with Gasteiger partial charge in [-0.25, -0.2) is 0 Å². The molecule has 0 aliphatic rings. The molecule has 0 heterocycles. The highest BCUT2D eigenvalue weighted by atomic mass is 79.9. The summed E-state index contributed by atoms with van der Waals surface area (Å²) in [5, 5.41) is 5.23. The van der Waals surface area contributed by atoms with Crippen LogP contribution < -0.4 is 15.9 Å². The molecule has 0 atom stereocenters. The van der Waals surface area contributed by atoms with Crippen molar-refractivity contribution in [2.45, 2.75) is 6.92 Å². The van der Waals surface area contributed by atoms with Crippen LogP contribution in [0.2, 0.25) is 0 Å². The Morgan fingerprint density at radius 3 is 1.40 bits per heavy atom. The normalized spacial score (nSPS) is 12.2. The maximum absolute atomic E-state index is 3.60. The Kier molecular flexibility index (Phi) is 6.24. The van der Waals surface area contributed by atoms with E-state index in [9.17, 15) is 0 Å². The van der Waals surface area contributed by atoms with Crippen LogP contribution in [-0.2, 0) is 0 Å². The fraction of sp³-hybridized carbons (Fsp3) is 0.130. The lowest BCUT2D eigenvalue weighted by atomic mass is 10.3. The number of rotatable bonds is 6. The van der Waals surface area contributed by atoms with Crippen LogP contribution in [0.1, 0.15) is 6.92 Å². The van der Waals surface area contributed by atoms with Crippen LogP contribution in [0.3, 0.4) is 0 Å². The molecule has 0 aromatic heterocycles. The van der Waals surface area contributed by atoms with E-state index in [4.69, 9.17) is 0 Å². The highest BCUT2D eigenvalue weighted by molar-refractivity contribution is 9.09. The fourth-order valence-electron chi connectivity index (χ4n) is 3.16. The quantitative estimate of drug-likeness (QED) is 0.293. The second kappa shape index (κ2) is 8.61. The number of halogens is 1. The summed E-state index contributed by atoms with van der Waals surface area (Å²) < 4.78 is 0. The van der Waals surface area contributed by atoms with Gasteiger partial charge >= 0.3 is 0 Å². The van der Waals surface area contributed by atoms with Crippen LogP contribution in [0, 0.1) is 0 Å². The van der Waals surface area contributed by atoms with Gasteiger partial charge in [0.25, 0.3) is 0 Å². The van der Waals surface area contributed by atoms with Gasteiger partial charge in [-0.2, -0.15) is 0 Å². The van der Waals surface area contributed by atoms with E-state index in [0.717, 1.165) is 11.5 Å². The first-order chi connectivity index (χ1) is 12.3. The minimum atomic E-state index is -1.72. The van der Waals surface area contributed by atoms with Gasteiger partial charge in [-0.05, 0) is 49.4 Å². The van der Waals surface area contributed by atoms with E-state index in [1.54, 1.807) is 0 Å². The maximum Gasteiger partial charge on any atom is 0.115 e. The van der Waals surface area contributed by atoms with Gasteiger partial charge in [0, 0.05) is 5.33 Å². The zero-order chi connectivity index (χ0) is 17.5. The van der Waals surface area contributed by atoms with E-state index >= 15 is 0 Å². The van der Waals surface area contributed by atoms with Gasteiger partial charge in [0.05, 0.1) is 6.16 Å². The Bertz CT molecular complexity index is 714. The molecule has 3 rings (SSSR count). The summed E-state index contributed by atoms with van der Waals surface area (Å²) in [6.45, 7) is 2.20. The second-order valence-corrected chi connectivity index (χ2v) is 10.3. The van der Waals surface area contributed by atoms with Crippen molar-refractivity contribution in [1.29, 1.82) is 0 Å². The van der Waals surface area contributed by atoms with Crippen molar-refractivity contribution < 1.29 is 0 Å². The largest absolute Gasteiger partial charge is 0.115 e. The Morgan fingerprint density at radius 1 is 0.720 bits per heavy atom. The van der Waals surface area contributed by atoms with Crippen LogP contribution in [-0.4, -0.2) is 11.5 Å². The summed E-state index contributed by atoms with van der Waals surface area (Å²) in [5.74, 6) is 0. The molecule has 0 unspecified atom stereocenters. The molecule has 25 heavy (non-hydrogen) atoms. The highest BCUT2D eigenvalue weighted by Crippen LogP contribution is 2.55. The Hall–Kier alpha value is -1.69. The predicted molar refractivity (Wildman–Crippen MR) is 118 cm³/mol. The van der Waals surface area contributed by atoms with Gasteiger partial charge in [-0.15, -0.1) is 0 Å². The van der Waals surface area contributed by atoms with Crippen LogP contribution >= 0.6 is 23.2 Å². The van der Waals surface area contributed by atoms with Crippen molar-refractivity contribution in [2.75, 3.05) is 11.5 Å². The van der Waals surface area contributed by atoms with Gasteiger partial charge in [-0.3, -0.25) is 0 Å². The van der Waals surface area contributed by atoms with Crippen molar-refractivity contribution in [3.8, 4) is 0 Å². The first-order valence-corrected chi connectivity index (χ1v) is 11.6. The second-order valence-electron chi connectivity index (χ2n) is 6.18. The Labute approximate surface area is 160 Å². The lowest BCUT2D eigenvalue weighted by Crippen LogP contribution is -2.33. The van der Waals surface area contributed by atoms with E-state index in [2.05, 4.69) is 120 Å². The number of hydrogen-bond donors (Lipinski definition) is 0. The summed E-state index contributed by atoms with van der Waals surface area (Å²) in [5.41, 5.74) is 1.38. The molecule has 0 fully saturated rings. The number of allylic oxidation sites excluding steroid dienone is 2.